The minimum Gasteiger partial charge on any atom is -0.486 e. The van der Waals surface area contributed by atoms with Crippen molar-refractivity contribution in [1.29, 1.82) is 0 Å². The van der Waals surface area contributed by atoms with Crippen molar-refractivity contribution in [1.82, 2.24) is 15.1 Å². The molecule has 4 nitrogen and oxygen atoms in total. The Hall–Kier alpha value is -1.03. The molecule has 1 atom stereocenters. The lowest BCUT2D eigenvalue weighted by Crippen LogP contribution is -2.33. The molecule has 0 saturated heterocycles. The molecule has 1 aromatic heterocycles. The summed E-state index contributed by atoms with van der Waals surface area (Å²) in [6.45, 7) is 11.7. The van der Waals surface area contributed by atoms with Crippen LogP contribution in [-0.2, 0) is 6.54 Å². The van der Waals surface area contributed by atoms with Crippen molar-refractivity contribution in [3.8, 4) is 5.75 Å². The number of nitrogens with zero attached hydrogens (tertiary/aromatic N) is 2. The maximum atomic E-state index is 6.02. The van der Waals surface area contributed by atoms with Crippen molar-refractivity contribution < 1.29 is 4.74 Å². The molecule has 0 radical (unpaired) electrons. The summed E-state index contributed by atoms with van der Waals surface area (Å²) in [5.74, 6) is 1.56. The van der Waals surface area contributed by atoms with Crippen molar-refractivity contribution >= 4 is 0 Å². The fourth-order valence-corrected chi connectivity index (χ4v) is 2.01. The highest BCUT2D eigenvalue weighted by atomic mass is 16.5. The minimum atomic E-state index is 0.239. The van der Waals surface area contributed by atoms with Gasteiger partial charge in [0, 0.05) is 13.1 Å². The maximum absolute atomic E-state index is 6.02. The first-order valence-electron chi connectivity index (χ1n) is 7.55. The number of nitrogens with one attached hydrogen (secondary N) is 1. The van der Waals surface area contributed by atoms with Gasteiger partial charge in [-0.2, -0.15) is 5.10 Å². The normalized spacial score (nSPS) is 12.9. The summed E-state index contributed by atoms with van der Waals surface area (Å²) in [5, 5.41) is 7.77. The van der Waals surface area contributed by atoms with Gasteiger partial charge in [-0.05, 0) is 25.3 Å². The van der Waals surface area contributed by atoms with Gasteiger partial charge in [-0.25, -0.2) is 0 Å². The van der Waals surface area contributed by atoms with Gasteiger partial charge in [-0.1, -0.05) is 34.1 Å². The van der Waals surface area contributed by atoms with E-state index in [-0.39, 0.29) is 6.10 Å². The van der Waals surface area contributed by atoms with E-state index in [0.29, 0.717) is 5.92 Å². The number of hydrogen-bond donors (Lipinski definition) is 1. The summed E-state index contributed by atoms with van der Waals surface area (Å²) in [6.07, 6.45) is 7.36. The molecule has 0 aromatic carbocycles. The smallest absolute Gasteiger partial charge is 0.157 e. The van der Waals surface area contributed by atoms with Crippen LogP contribution in [0.15, 0.2) is 12.4 Å². The van der Waals surface area contributed by atoms with Crippen LogP contribution in [0.25, 0.3) is 0 Å². The Morgan fingerprint density at radius 1 is 1.26 bits per heavy atom. The van der Waals surface area contributed by atoms with Gasteiger partial charge in [-0.3, -0.25) is 4.68 Å². The van der Waals surface area contributed by atoms with Gasteiger partial charge in [0.25, 0.3) is 0 Å². The van der Waals surface area contributed by atoms with E-state index >= 15 is 0 Å². The first-order valence-corrected chi connectivity index (χ1v) is 7.55. The van der Waals surface area contributed by atoms with E-state index in [9.17, 15) is 0 Å². The molecule has 1 rings (SSSR count). The van der Waals surface area contributed by atoms with Crippen molar-refractivity contribution in [2.75, 3.05) is 13.1 Å². The maximum Gasteiger partial charge on any atom is 0.157 e. The second-order valence-electron chi connectivity index (χ2n) is 5.52. The average Bonchev–Trinajstić information content (AvgIpc) is 2.77. The first kappa shape index (κ1) is 16.0. The number of rotatable bonds is 10. The molecule has 0 amide bonds. The van der Waals surface area contributed by atoms with Gasteiger partial charge >= 0.3 is 0 Å². The zero-order valence-electron chi connectivity index (χ0n) is 12.9. The molecule has 1 aromatic rings. The molecular weight excluding hydrogens is 238 g/mol. The van der Waals surface area contributed by atoms with Gasteiger partial charge in [0.15, 0.2) is 5.75 Å². The van der Waals surface area contributed by atoms with Crippen molar-refractivity contribution in [3.05, 3.63) is 12.4 Å². The largest absolute Gasteiger partial charge is 0.486 e. The summed E-state index contributed by atoms with van der Waals surface area (Å²) in [4.78, 5) is 0. The summed E-state index contributed by atoms with van der Waals surface area (Å²) < 4.78 is 7.96. The summed E-state index contributed by atoms with van der Waals surface area (Å²) >= 11 is 0. The Morgan fingerprint density at radius 3 is 2.68 bits per heavy atom. The third kappa shape index (κ3) is 6.62. The highest BCUT2D eigenvalue weighted by molar-refractivity contribution is 5.12. The molecule has 1 heterocycles. The van der Waals surface area contributed by atoms with Gasteiger partial charge in [-0.15, -0.1) is 0 Å². The topological polar surface area (TPSA) is 39.1 Å². The molecule has 110 valence electrons. The van der Waals surface area contributed by atoms with E-state index in [1.807, 2.05) is 17.1 Å². The van der Waals surface area contributed by atoms with E-state index in [2.05, 4.69) is 38.1 Å². The molecule has 19 heavy (non-hydrogen) atoms. The zero-order valence-corrected chi connectivity index (χ0v) is 12.9. The predicted molar refractivity (Wildman–Crippen MR) is 79.5 cm³/mol. The quantitative estimate of drug-likeness (QED) is 0.708. The standard InChI is InChI=1S/C15H29N3O/c1-5-7-14(10-16-9-13(3)4)19-15-11-17-18(12-15)8-6-2/h11-14,16H,5-10H2,1-4H3. The van der Waals surface area contributed by atoms with Crippen molar-refractivity contribution in [2.45, 2.75) is 59.6 Å². The van der Waals surface area contributed by atoms with Crippen LogP contribution in [0.5, 0.6) is 5.75 Å². The highest BCUT2D eigenvalue weighted by Crippen LogP contribution is 2.13. The van der Waals surface area contributed by atoms with Crippen LogP contribution in [0.3, 0.4) is 0 Å². The summed E-state index contributed by atoms with van der Waals surface area (Å²) in [5.41, 5.74) is 0. The molecule has 0 aliphatic carbocycles. The summed E-state index contributed by atoms with van der Waals surface area (Å²) in [6, 6.07) is 0. The fraction of sp³-hybridized carbons (Fsp3) is 0.800. The Kier molecular flexibility index (Phi) is 7.56. The lowest BCUT2D eigenvalue weighted by molar-refractivity contribution is 0.185. The zero-order chi connectivity index (χ0) is 14.1. The second kappa shape index (κ2) is 8.97. The molecular formula is C15H29N3O. The van der Waals surface area contributed by atoms with Crippen LogP contribution in [0.1, 0.15) is 47.0 Å². The van der Waals surface area contributed by atoms with E-state index in [4.69, 9.17) is 4.74 Å². The number of aromatic nitrogens is 2. The summed E-state index contributed by atoms with van der Waals surface area (Å²) in [7, 11) is 0. The fourth-order valence-electron chi connectivity index (χ4n) is 2.01. The molecule has 4 heteroatoms. The Morgan fingerprint density at radius 2 is 2.05 bits per heavy atom. The predicted octanol–water partition coefficient (Wildman–Crippen LogP) is 3.09. The van der Waals surface area contributed by atoms with E-state index in [1.165, 1.54) is 0 Å². The van der Waals surface area contributed by atoms with Crippen LogP contribution >= 0.6 is 0 Å². The molecule has 0 spiro atoms. The van der Waals surface area contributed by atoms with Crippen LogP contribution in [0, 0.1) is 5.92 Å². The Bertz CT molecular complexity index is 336. The highest BCUT2D eigenvalue weighted by Gasteiger charge is 2.11. The van der Waals surface area contributed by atoms with Crippen LogP contribution in [-0.4, -0.2) is 29.0 Å². The average molecular weight is 267 g/mol. The third-order valence-electron chi connectivity index (χ3n) is 2.90. The van der Waals surface area contributed by atoms with Gasteiger partial charge in [0.1, 0.15) is 6.10 Å². The van der Waals surface area contributed by atoms with Crippen LogP contribution in [0.2, 0.25) is 0 Å². The lowest BCUT2D eigenvalue weighted by Gasteiger charge is -2.18. The molecule has 0 saturated carbocycles. The van der Waals surface area contributed by atoms with Gasteiger partial charge in [0.2, 0.25) is 0 Å². The van der Waals surface area contributed by atoms with Crippen molar-refractivity contribution in [3.63, 3.8) is 0 Å². The molecule has 0 aliphatic heterocycles. The molecule has 0 fully saturated rings. The van der Waals surface area contributed by atoms with Gasteiger partial charge < -0.3 is 10.1 Å². The number of aryl methyl sites for hydroxylation is 1. The first-order chi connectivity index (χ1) is 9.15. The van der Waals surface area contributed by atoms with E-state index in [0.717, 1.165) is 44.6 Å². The van der Waals surface area contributed by atoms with E-state index in [1.54, 1.807) is 0 Å². The molecule has 0 bridgehead atoms. The molecule has 1 unspecified atom stereocenters. The Balaban J connectivity index is 2.42. The van der Waals surface area contributed by atoms with Crippen molar-refractivity contribution in [2.24, 2.45) is 5.92 Å². The second-order valence-corrected chi connectivity index (χ2v) is 5.52. The number of ether oxygens (including phenoxy) is 1. The lowest BCUT2D eigenvalue weighted by atomic mass is 10.2. The Labute approximate surface area is 117 Å². The third-order valence-corrected chi connectivity index (χ3v) is 2.90. The van der Waals surface area contributed by atoms with Gasteiger partial charge in [0.05, 0.1) is 12.4 Å². The monoisotopic (exact) mass is 267 g/mol. The molecule has 1 N–H and O–H groups in total. The SMILES string of the molecule is CCCC(CNCC(C)C)Oc1cnn(CCC)c1. The minimum absolute atomic E-state index is 0.239. The number of hydrogen-bond acceptors (Lipinski definition) is 3. The molecule has 0 aliphatic rings. The van der Waals surface area contributed by atoms with Crippen LogP contribution in [0.4, 0.5) is 0 Å². The van der Waals surface area contributed by atoms with E-state index < -0.39 is 0 Å². The van der Waals surface area contributed by atoms with Crippen LogP contribution < -0.4 is 10.1 Å².